The van der Waals surface area contributed by atoms with Crippen molar-refractivity contribution in [2.75, 3.05) is 11.9 Å². The van der Waals surface area contributed by atoms with Crippen molar-refractivity contribution in [3.63, 3.8) is 0 Å². The molecule has 1 aromatic rings. The van der Waals surface area contributed by atoms with Crippen LogP contribution in [0.5, 0.6) is 0 Å². The van der Waals surface area contributed by atoms with Crippen molar-refractivity contribution in [3.05, 3.63) is 18.1 Å². The summed E-state index contributed by atoms with van der Waals surface area (Å²) >= 11 is 0. The number of nitrogens with zero attached hydrogens (tertiary/aromatic N) is 2. The largest absolute Gasteiger partial charge is 0.370 e. The zero-order valence-corrected chi connectivity index (χ0v) is 8.12. The zero-order valence-electron chi connectivity index (χ0n) is 8.12. The lowest BCUT2D eigenvalue weighted by molar-refractivity contribution is 0.783. The summed E-state index contributed by atoms with van der Waals surface area (Å²) in [5.74, 6) is 2.71. The van der Waals surface area contributed by atoms with Crippen molar-refractivity contribution >= 4 is 5.82 Å². The van der Waals surface area contributed by atoms with E-state index in [1.54, 1.807) is 6.33 Å². The molecule has 2 unspecified atom stereocenters. The minimum Gasteiger partial charge on any atom is -0.370 e. The lowest BCUT2D eigenvalue weighted by Gasteiger charge is -2.03. The van der Waals surface area contributed by atoms with Gasteiger partial charge in [0.2, 0.25) is 0 Å². The Labute approximate surface area is 78.6 Å². The average molecular weight is 177 g/mol. The van der Waals surface area contributed by atoms with Crippen LogP contribution in [0.3, 0.4) is 0 Å². The van der Waals surface area contributed by atoms with Crippen molar-refractivity contribution in [1.82, 2.24) is 9.97 Å². The van der Waals surface area contributed by atoms with Gasteiger partial charge in [-0.1, -0.05) is 6.92 Å². The third-order valence-corrected chi connectivity index (χ3v) is 2.63. The van der Waals surface area contributed by atoms with Gasteiger partial charge in [0.15, 0.2) is 0 Å². The number of anilines is 1. The van der Waals surface area contributed by atoms with E-state index in [0.29, 0.717) is 0 Å². The summed E-state index contributed by atoms with van der Waals surface area (Å²) in [5.41, 5.74) is 1.02. The van der Waals surface area contributed by atoms with E-state index in [1.165, 1.54) is 6.42 Å². The summed E-state index contributed by atoms with van der Waals surface area (Å²) in [5, 5.41) is 3.33. The van der Waals surface area contributed by atoms with Gasteiger partial charge in [0.1, 0.15) is 12.1 Å². The molecule has 0 bridgehead atoms. The van der Waals surface area contributed by atoms with Crippen LogP contribution in [-0.2, 0) is 0 Å². The van der Waals surface area contributed by atoms with Crippen LogP contribution in [0.25, 0.3) is 0 Å². The van der Waals surface area contributed by atoms with Gasteiger partial charge in [0, 0.05) is 18.3 Å². The van der Waals surface area contributed by atoms with Gasteiger partial charge in [-0.2, -0.15) is 0 Å². The lowest BCUT2D eigenvalue weighted by Crippen LogP contribution is -2.06. The van der Waals surface area contributed by atoms with Crippen LogP contribution in [0.2, 0.25) is 0 Å². The highest BCUT2D eigenvalue weighted by Crippen LogP contribution is 2.37. The molecule has 0 aromatic carbocycles. The molecule has 1 N–H and O–H groups in total. The molecule has 70 valence electrons. The molecule has 3 heteroatoms. The first-order valence-corrected chi connectivity index (χ1v) is 4.78. The molecule has 2 atom stereocenters. The van der Waals surface area contributed by atoms with Crippen molar-refractivity contribution < 1.29 is 0 Å². The maximum Gasteiger partial charge on any atom is 0.129 e. The molecule has 0 spiro atoms. The van der Waals surface area contributed by atoms with E-state index in [2.05, 4.69) is 22.2 Å². The Bertz CT molecular complexity index is 298. The van der Waals surface area contributed by atoms with E-state index in [1.807, 2.05) is 13.0 Å². The van der Waals surface area contributed by atoms with Crippen LogP contribution in [-0.4, -0.2) is 16.5 Å². The molecule has 1 aliphatic carbocycles. The van der Waals surface area contributed by atoms with Crippen molar-refractivity contribution in [3.8, 4) is 0 Å². The second-order valence-electron chi connectivity index (χ2n) is 3.90. The number of hydrogen-bond donors (Lipinski definition) is 1. The van der Waals surface area contributed by atoms with Crippen LogP contribution in [0.4, 0.5) is 5.82 Å². The first-order valence-electron chi connectivity index (χ1n) is 4.78. The molecular weight excluding hydrogens is 162 g/mol. The Balaban J connectivity index is 1.87. The van der Waals surface area contributed by atoms with Gasteiger partial charge >= 0.3 is 0 Å². The van der Waals surface area contributed by atoms with E-state index in [0.717, 1.165) is 29.9 Å². The van der Waals surface area contributed by atoms with Gasteiger partial charge in [0.25, 0.3) is 0 Å². The third kappa shape index (κ3) is 2.17. The predicted molar refractivity (Wildman–Crippen MR) is 52.5 cm³/mol. The average Bonchev–Trinajstić information content (AvgIpc) is 2.79. The SMILES string of the molecule is Cc1cc(NCC2CC2C)ncn1. The molecule has 0 amide bonds. The van der Waals surface area contributed by atoms with E-state index < -0.39 is 0 Å². The number of hydrogen-bond acceptors (Lipinski definition) is 3. The van der Waals surface area contributed by atoms with Crippen LogP contribution >= 0.6 is 0 Å². The summed E-state index contributed by atoms with van der Waals surface area (Å²) in [7, 11) is 0. The van der Waals surface area contributed by atoms with E-state index in [4.69, 9.17) is 0 Å². The summed E-state index contributed by atoms with van der Waals surface area (Å²) in [6.45, 7) is 5.32. The molecule has 2 rings (SSSR count). The second kappa shape index (κ2) is 3.32. The number of rotatable bonds is 3. The molecule has 1 aromatic heterocycles. The highest BCUT2D eigenvalue weighted by molar-refractivity contribution is 5.34. The van der Waals surface area contributed by atoms with Crippen molar-refractivity contribution in [1.29, 1.82) is 0 Å². The maximum absolute atomic E-state index is 4.14. The minimum atomic E-state index is 0.857. The van der Waals surface area contributed by atoms with Crippen LogP contribution in [0, 0.1) is 18.8 Å². The molecule has 0 saturated heterocycles. The first-order chi connectivity index (χ1) is 6.25. The highest BCUT2D eigenvalue weighted by Gasteiger charge is 2.31. The molecule has 13 heavy (non-hydrogen) atoms. The van der Waals surface area contributed by atoms with E-state index in [-0.39, 0.29) is 0 Å². The van der Waals surface area contributed by atoms with Gasteiger partial charge in [-0.15, -0.1) is 0 Å². The predicted octanol–water partition coefficient (Wildman–Crippen LogP) is 1.85. The van der Waals surface area contributed by atoms with Crippen LogP contribution in [0.15, 0.2) is 12.4 Å². The monoisotopic (exact) mass is 177 g/mol. The molecule has 1 fully saturated rings. The first kappa shape index (κ1) is 8.48. The summed E-state index contributed by atoms with van der Waals surface area (Å²) < 4.78 is 0. The standard InChI is InChI=1S/C10H15N3/c1-7-3-9(7)5-11-10-4-8(2)12-6-13-10/h4,6-7,9H,3,5H2,1-2H3,(H,11,12,13). The van der Waals surface area contributed by atoms with Gasteiger partial charge in [-0.25, -0.2) is 9.97 Å². The normalized spacial score (nSPS) is 25.7. The van der Waals surface area contributed by atoms with E-state index >= 15 is 0 Å². The molecule has 1 heterocycles. The second-order valence-corrected chi connectivity index (χ2v) is 3.90. The van der Waals surface area contributed by atoms with Crippen molar-refractivity contribution in [2.45, 2.75) is 20.3 Å². The molecule has 0 aliphatic heterocycles. The smallest absolute Gasteiger partial charge is 0.129 e. The van der Waals surface area contributed by atoms with Gasteiger partial charge in [-0.05, 0) is 25.2 Å². The number of nitrogens with one attached hydrogen (secondary N) is 1. The zero-order chi connectivity index (χ0) is 9.26. The summed E-state index contributed by atoms with van der Waals surface area (Å²) in [6.07, 6.45) is 2.96. The Hall–Kier alpha value is -1.12. The molecule has 1 aliphatic rings. The molecular formula is C10H15N3. The third-order valence-electron chi connectivity index (χ3n) is 2.63. The summed E-state index contributed by atoms with van der Waals surface area (Å²) in [4.78, 5) is 8.19. The van der Waals surface area contributed by atoms with Crippen LogP contribution < -0.4 is 5.32 Å². The Kier molecular flexibility index (Phi) is 2.17. The Morgan fingerprint density at radius 2 is 2.31 bits per heavy atom. The fraction of sp³-hybridized carbons (Fsp3) is 0.600. The Morgan fingerprint density at radius 1 is 1.54 bits per heavy atom. The van der Waals surface area contributed by atoms with E-state index in [9.17, 15) is 0 Å². The summed E-state index contributed by atoms with van der Waals surface area (Å²) in [6, 6.07) is 1.98. The number of aromatic nitrogens is 2. The lowest BCUT2D eigenvalue weighted by atomic mass is 10.3. The fourth-order valence-corrected chi connectivity index (χ4v) is 1.47. The van der Waals surface area contributed by atoms with Gasteiger partial charge in [0.05, 0.1) is 0 Å². The Morgan fingerprint density at radius 3 is 2.92 bits per heavy atom. The number of aryl methyl sites for hydroxylation is 1. The quantitative estimate of drug-likeness (QED) is 0.765. The van der Waals surface area contributed by atoms with Gasteiger partial charge in [-0.3, -0.25) is 0 Å². The van der Waals surface area contributed by atoms with Crippen LogP contribution in [0.1, 0.15) is 19.0 Å². The molecule has 1 saturated carbocycles. The van der Waals surface area contributed by atoms with Gasteiger partial charge < -0.3 is 5.32 Å². The molecule has 0 radical (unpaired) electrons. The highest BCUT2D eigenvalue weighted by atomic mass is 15.0. The minimum absolute atomic E-state index is 0.857. The topological polar surface area (TPSA) is 37.8 Å². The maximum atomic E-state index is 4.14. The molecule has 3 nitrogen and oxygen atoms in total. The fourth-order valence-electron chi connectivity index (χ4n) is 1.47. The van der Waals surface area contributed by atoms with Crippen molar-refractivity contribution in [2.24, 2.45) is 11.8 Å².